The number of aliphatic imine (C=N–C) groups is 1. The van der Waals surface area contributed by atoms with Crippen LogP contribution in [0.3, 0.4) is 0 Å². The van der Waals surface area contributed by atoms with Crippen molar-refractivity contribution in [2.45, 2.75) is 18.4 Å². The minimum absolute atomic E-state index is 0.299. The number of likely N-dealkylation sites (N-methyl/N-ethyl adjacent to an activating group) is 1. The Bertz CT molecular complexity index is 317. The SMILES string of the molecule is CN1CCN(CCC2(N)C=NC(N)=CC2)CC1. The van der Waals surface area contributed by atoms with E-state index >= 15 is 0 Å². The number of hydrogen-bond donors (Lipinski definition) is 2. The molecule has 1 saturated heterocycles. The van der Waals surface area contributed by atoms with E-state index in [9.17, 15) is 0 Å². The van der Waals surface area contributed by atoms with Crippen molar-refractivity contribution < 1.29 is 0 Å². The number of piperazine rings is 1. The smallest absolute Gasteiger partial charge is 0.118 e. The summed E-state index contributed by atoms with van der Waals surface area (Å²) in [5, 5.41) is 0. The van der Waals surface area contributed by atoms with Crippen molar-refractivity contribution >= 4 is 6.21 Å². The van der Waals surface area contributed by atoms with Crippen molar-refractivity contribution in [3.05, 3.63) is 11.9 Å². The van der Waals surface area contributed by atoms with Gasteiger partial charge in [-0.05, 0) is 26.0 Å². The largest absolute Gasteiger partial charge is 0.384 e. The predicted octanol–water partition coefficient (Wildman–Crippen LogP) is -0.404. The van der Waals surface area contributed by atoms with Gasteiger partial charge in [-0.1, -0.05) is 0 Å². The molecule has 17 heavy (non-hydrogen) atoms. The Morgan fingerprint density at radius 1 is 1.35 bits per heavy atom. The molecule has 0 aromatic heterocycles. The highest BCUT2D eigenvalue weighted by atomic mass is 15.2. The van der Waals surface area contributed by atoms with Crippen LogP contribution >= 0.6 is 0 Å². The summed E-state index contributed by atoms with van der Waals surface area (Å²) in [5.74, 6) is 0.589. The van der Waals surface area contributed by atoms with Gasteiger partial charge in [-0.2, -0.15) is 0 Å². The number of nitrogens with zero attached hydrogens (tertiary/aromatic N) is 3. The standard InChI is InChI=1S/C12H23N5/c1-16-6-8-17(9-7-16)5-4-12(14)3-2-11(13)15-10-12/h2,10H,3-9,13-14H2,1H3. The lowest BCUT2D eigenvalue weighted by molar-refractivity contribution is 0.148. The van der Waals surface area contributed by atoms with Crippen LogP contribution in [-0.4, -0.2) is 61.3 Å². The minimum Gasteiger partial charge on any atom is -0.384 e. The van der Waals surface area contributed by atoms with E-state index in [1.54, 1.807) is 0 Å². The Hall–Kier alpha value is -0.910. The molecular weight excluding hydrogens is 214 g/mol. The zero-order valence-electron chi connectivity index (χ0n) is 10.6. The van der Waals surface area contributed by atoms with Crippen LogP contribution in [0.4, 0.5) is 0 Å². The second-order valence-corrected chi connectivity index (χ2v) is 5.22. The van der Waals surface area contributed by atoms with E-state index in [0.29, 0.717) is 5.82 Å². The first-order valence-electron chi connectivity index (χ1n) is 6.28. The molecule has 2 rings (SSSR count). The summed E-state index contributed by atoms with van der Waals surface area (Å²) in [6.45, 7) is 5.63. The van der Waals surface area contributed by atoms with E-state index in [1.807, 2.05) is 12.3 Å². The van der Waals surface area contributed by atoms with Crippen molar-refractivity contribution in [3.63, 3.8) is 0 Å². The van der Waals surface area contributed by atoms with Crippen LogP contribution in [0.1, 0.15) is 12.8 Å². The molecule has 0 saturated carbocycles. The zero-order valence-corrected chi connectivity index (χ0v) is 10.6. The molecule has 1 fully saturated rings. The van der Waals surface area contributed by atoms with Crippen molar-refractivity contribution in [2.24, 2.45) is 16.5 Å². The molecule has 0 spiro atoms. The van der Waals surface area contributed by atoms with Gasteiger partial charge < -0.3 is 21.3 Å². The lowest BCUT2D eigenvalue weighted by Crippen LogP contribution is -2.49. The molecule has 1 unspecified atom stereocenters. The summed E-state index contributed by atoms with van der Waals surface area (Å²) in [5.41, 5.74) is 11.6. The van der Waals surface area contributed by atoms with Crippen LogP contribution in [-0.2, 0) is 0 Å². The fraction of sp³-hybridized carbons (Fsp3) is 0.750. The van der Waals surface area contributed by atoms with Gasteiger partial charge in [0.1, 0.15) is 5.82 Å². The summed E-state index contributed by atoms with van der Waals surface area (Å²) in [6, 6.07) is 0. The first-order valence-corrected chi connectivity index (χ1v) is 6.28. The van der Waals surface area contributed by atoms with Gasteiger partial charge in [0.05, 0.1) is 5.54 Å². The molecule has 0 aromatic carbocycles. The van der Waals surface area contributed by atoms with Gasteiger partial charge in [0.25, 0.3) is 0 Å². The lowest BCUT2D eigenvalue weighted by atomic mass is 9.92. The fourth-order valence-electron chi connectivity index (χ4n) is 2.21. The van der Waals surface area contributed by atoms with Gasteiger partial charge >= 0.3 is 0 Å². The molecule has 0 aliphatic carbocycles. The van der Waals surface area contributed by atoms with E-state index in [1.165, 1.54) is 0 Å². The third kappa shape index (κ3) is 3.52. The molecule has 0 bridgehead atoms. The molecule has 2 aliphatic heterocycles. The maximum Gasteiger partial charge on any atom is 0.118 e. The van der Waals surface area contributed by atoms with E-state index in [0.717, 1.165) is 45.6 Å². The molecule has 2 heterocycles. The molecule has 2 aliphatic rings. The molecule has 1 atom stereocenters. The molecule has 5 nitrogen and oxygen atoms in total. The third-order valence-electron chi connectivity index (χ3n) is 3.65. The molecular formula is C12H23N5. The molecule has 0 amide bonds. The Morgan fingerprint density at radius 2 is 2.06 bits per heavy atom. The van der Waals surface area contributed by atoms with Crippen molar-refractivity contribution in [3.8, 4) is 0 Å². The summed E-state index contributed by atoms with van der Waals surface area (Å²) < 4.78 is 0. The zero-order chi connectivity index (χ0) is 12.3. The summed E-state index contributed by atoms with van der Waals surface area (Å²) in [7, 11) is 2.17. The van der Waals surface area contributed by atoms with Gasteiger partial charge in [-0.3, -0.25) is 0 Å². The van der Waals surface area contributed by atoms with Crippen LogP contribution in [0, 0.1) is 0 Å². The first-order chi connectivity index (χ1) is 8.07. The maximum atomic E-state index is 6.28. The predicted molar refractivity (Wildman–Crippen MR) is 70.9 cm³/mol. The van der Waals surface area contributed by atoms with Crippen LogP contribution in [0.2, 0.25) is 0 Å². The number of hydrogen-bond acceptors (Lipinski definition) is 5. The summed E-state index contributed by atoms with van der Waals surface area (Å²) in [4.78, 5) is 8.96. The highest BCUT2D eigenvalue weighted by Crippen LogP contribution is 2.17. The number of rotatable bonds is 3. The van der Waals surface area contributed by atoms with E-state index in [4.69, 9.17) is 11.5 Å². The van der Waals surface area contributed by atoms with Crippen molar-refractivity contribution in [1.29, 1.82) is 0 Å². The van der Waals surface area contributed by atoms with Gasteiger partial charge in [-0.15, -0.1) is 0 Å². The van der Waals surface area contributed by atoms with Gasteiger partial charge in [0, 0.05) is 38.9 Å². The van der Waals surface area contributed by atoms with Crippen LogP contribution in [0.25, 0.3) is 0 Å². The van der Waals surface area contributed by atoms with E-state index in [2.05, 4.69) is 21.8 Å². The normalized spacial score (nSPS) is 31.5. The van der Waals surface area contributed by atoms with Crippen molar-refractivity contribution in [2.75, 3.05) is 39.8 Å². The van der Waals surface area contributed by atoms with Gasteiger partial charge in [0.2, 0.25) is 0 Å². The van der Waals surface area contributed by atoms with Crippen LogP contribution < -0.4 is 11.5 Å². The minimum atomic E-state index is -0.299. The lowest BCUT2D eigenvalue weighted by Gasteiger charge is -2.35. The fourth-order valence-corrected chi connectivity index (χ4v) is 2.21. The highest BCUT2D eigenvalue weighted by Gasteiger charge is 2.25. The molecule has 96 valence electrons. The monoisotopic (exact) mass is 237 g/mol. The second-order valence-electron chi connectivity index (χ2n) is 5.22. The Balaban J connectivity index is 1.77. The Morgan fingerprint density at radius 3 is 2.65 bits per heavy atom. The maximum absolute atomic E-state index is 6.28. The molecule has 5 heteroatoms. The summed E-state index contributed by atoms with van der Waals surface area (Å²) in [6.07, 6.45) is 5.49. The summed E-state index contributed by atoms with van der Waals surface area (Å²) >= 11 is 0. The molecule has 0 radical (unpaired) electrons. The van der Waals surface area contributed by atoms with Gasteiger partial charge in [0.15, 0.2) is 0 Å². The number of nitrogens with two attached hydrogens (primary N) is 2. The van der Waals surface area contributed by atoms with E-state index < -0.39 is 0 Å². The average molecular weight is 237 g/mol. The average Bonchev–Trinajstić information content (AvgIpc) is 2.33. The Kier molecular flexibility index (Phi) is 3.81. The highest BCUT2D eigenvalue weighted by molar-refractivity contribution is 5.72. The topological polar surface area (TPSA) is 70.9 Å². The van der Waals surface area contributed by atoms with Crippen molar-refractivity contribution in [1.82, 2.24) is 9.80 Å². The van der Waals surface area contributed by atoms with Crippen LogP contribution in [0.5, 0.6) is 0 Å². The first kappa shape index (κ1) is 12.5. The van der Waals surface area contributed by atoms with Gasteiger partial charge in [-0.25, -0.2) is 4.99 Å². The third-order valence-corrected chi connectivity index (χ3v) is 3.65. The van der Waals surface area contributed by atoms with Crippen LogP contribution in [0.15, 0.2) is 16.9 Å². The molecule has 4 N–H and O–H groups in total. The van der Waals surface area contributed by atoms with E-state index in [-0.39, 0.29) is 5.54 Å². The second kappa shape index (κ2) is 5.16. The Labute approximate surface area is 103 Å². The molecule has 0 aromatic rings. The quantitative estimate of drug-likeness (QED) is 0.700.